The van der Waals surface area contributed by atoms with Crippen LogP contribution in [0.15, 0.2) is 57.5 Å². The Morgan fingerprint density at radius 3 is 1.42 bits per heavy atom. The number of rotatable bonds is 25. The second kappa shape index (κ2) is 22.8. The third-order valence-corrected chi connectivity index (χ3v) is 11.6. The van der Waals surface area contributed by atoms with Crippen molar-refractivity contribution in [2.75, 3.05) is 52.7 Å². The summed E-state index contributed by atoms with van der Waals surface area (Å²) in [5.41, 5.74) is 7.52. The lowest BCUT2D eigenvalue weighted by Gasteiger charge is -2.26. The zero-order valence-corrected chi connectivity index (χ0v) is 37.7. The van der Waals surface area contributed by atoms with E-state index in [9.17, 15) is 19.8 Å². The van der Waals surface area contributed by atoms with Gasteiger partial charge in [-0.25, -0.2) is 0 Å². The first kappa shape index (κ1) is 47.1. The van der Waals surface area contributed by atoms with E-state index in [0.717, 1.165) is 44.5 Å². The fourth-order valence-electron chi connectivity index (χ4n) is 6.70. The van der Waals surface area contributed by atoms with Crippen LogP contribution in [0.5, 0.6) is 23.5 Å². The highest BCUT2D eigenvalue weighted by atomic mass is 79.9. The molecule has 2 saturated heterocycles. The number of hydrogen-bond acceptors (Lipinski definition) is 14. The third-order valence-electron chi connectivity index (χ3n) is 10.4. The molecule has 6 rings (SSSR count). The molecule has 0 saturated carbocycles. The summed E-state index contributed by atoms with van der Waals surface area (Å²) in [7, 11) is 0. The second-order valence-electron chi connectivity index (χ2n) is 15.4. The molecule has 6 N–H and O–H groups in total. The topological polar surface area (TPSA) is 220 Å². The molecule has 18 heteroatoms. The van der Waals surface area contributed by atoms with Gasteiger partial charge in [0.05, 0.1) is 73.6 Å². The second-order valence-corrected chi connectivity index (χ2v) is 17.1. The standard InChI is InChI=1S/C44H52Br2N4O12/c1-25-29(23-61-43-37(45)9-31(13-47-15-33(51)11-39(53)54)41(49-43)59-21-27-17-57-18-27)5-3-7-35(25)36-8-4-6-30(26(36)2)24-62-44-38(46)10-32(14-48-16-34(52)12-40(55)56)42(50-44)60-22-28-19-58-20-28/h3-10,27-28,33-34,47-48,51-52H,11-24H2,1-2H3,(H,53,54)(H,55,56). The molecule has 2 fully saturated rings. The number of aliphatic carboxylic acids is 2. The maximum atomic E-state index is 11.0. The summed E-state index contributed by atoms with van der Waals surface area (Å²) in [6.45, 7) is 8.63. The van der Waals surface area contributed by atoms with Gasteiger partial charge in [-0.2, -0.15) is 9.97 Å². The minimum Gasteiger partial charge on any atom is -0.481 e. The largest absolute Gasteiger partial charge is 0.481 e. The van der Waals surface area contributed by atoms with Crippen LogP contribution in [0.1, 0.15) is 46.2 Å². The molecule has 2 aromatic carbocycles. The number of pyridine rings is 2. The number of aliphatic hydroxyl groups excluding tert-OH is 2. The van der Waals surface area contributed by atoms with Crippen LogP contribution in [0.4, 0.5) is 0 Å². The SMILES string of the molecule is Cc1c(COc2nc(OCC3COC3)c(CNCC(O)CC(=O)O)cc2Br)cccc1-c1cccc(COc2nc(OCC3COC3)c(CNCC(O)CC(=O)O)cc2Br)c1C. The van der Waals surface area contributed by atoms with Crippen molar-refractivity contribution in [3.8, 4) is 34.6 Å². The number of hydrogen-bond donors (Lipinski definition) is 6. The van der Waals surface area contributed by atoms with Crippen molar-refractivity contribution in [2.45, 2.75) is 65.2 Å². The number of nitrogens with one attached hydrogen (secondary N) is 2. The van der Waals surface area contributed by atoms with E-state index in [1.807, 2.05) is 36.4 Å². The highest BCUT2D eigenvalue weighted by Crippen LogP contribution is 2.35. The Labute approximate surface area is 376 Å². The molecule has 4 heterocycles. The summed E-state index contributed by atoms with van der Waals surface area (Å²) < 4.78 is 36.7. The summed E-state index contributed by atoms with van der Waals surface area (Å²) in [6, 6.07) is 15.9. The fraction of sp³-hybridized carbons (Fsp3) is 0.455. The number of carboxylic acid groups (broad SMARTS) is 2. The van der Waals surface area contributed by atoms with Crippen LogP contribution < -0.4 is 29.6 Å². The molecule has 2 atom stereocenters. The van der Waals surface area contributed by atoms with E-state index in [4.69, 9.17) is 48.6 Å². The Kier molecular flexibility index (Phi) is 17.3. The average molecular weight is 989 g/mol. The molecule has 334 valence electrons. The quantitative estimate of drug-likeness (QED) is 0.0493. The van der Waals surface area contributed by atoms with Gasteiger partial charge in [0.2, 0.25) is 23.5 Å². The Bertz CT molecular complexity index is 2020. The van der Waals surface area contributed by atoms with E-state index in [1.54, 1.807) is 0 Å². The highest BCUT2D eigenvalue weighted by Gasteiger charge is 2.24. The van der Waals surface area contributed by atoms with E-state index < -0.39 is 24.1 Å². The number of aliphatic hydroxyl groups is 2. The van der Waals surface area contributed by atoms with Crippen molar-refractivity contribution in [3.05, 3.63) is 90.9 Å². The van der Waals surface area contributed by atoms with Gasteiger partial charge in [-0.3, -0.25) is 9.59 Å². The summed E-state index contributed by atoms with van der Waals surface area (Å²) in [5.74, 6) is -0.174. The first-order valence-corrected chi connectivity index (χ1v) is 21.9. The number of carboxylic acids is 2. The molecule has 0 spiro atoms. The molecule has 62 heavy (non-hydrogen) atoms. The Morgan fingerprint density at radius 2 is 1.06 bits per heavy atom. The molecule has 2 aliphatic heterocycles. The molecule has 16 nitrogen and oxygen atoms in total. The molecule has 2 unspecified atom stereocenters. The number of aromatic nitrogens is 2. The van der Waals surface area contributed by atoms with Gasteiger partial charge < -0.3 is 59.5 Å². The normalized spacial score (nSPS) is 15.0. The predicted octanol–water partition coefficient (Wildman–Crippen LogP) is 5.34. The van der Waals surface area contributed by atoms with Crippen LogP contribution in [0.25, 0.3) is 11.1 Å². The van der Waals surface area contributed by atoms with Gasteiger partial charge in [-0.15, -0.1) is 0 Å². The van der Waals surface area contributed by atoms with E-state index >= 15 is 0 Å². The molecule has 0 radical (unpaired) electrons. The summed E-state index contributed by atoms with van der Waals surface area (Å²) >= 11 is 7.21. The number of nitrogens with zero attached hydrogens (tertiary/aromatic N) is 2. The highest BCUT2D eigenvalue weighted by molar-refractivity contribution is 9.10. The maximum absolute atomic E-state index is 11.0. The van der Waals surface area contributed by atoms with Crippen molar-refractivity contribution in [3.63, 3.8) is 0 Å². The van der Waals surface area contributed by atoms with E-state index in [2.05, 4.69) is 68.5 Å². The maximum Gasteiger partial charge on any atom is 0.306 e. The van der Waals surface area contributed by atoms with Crippen LogP contribution >= 0.6 is 31.9 Å². The Balaban J connectivity index is 1.13. The molecule has 2 aromatic heterocycles. The minimum atomic E-state index is -1.07. The average Bonchev–Trinajstić information content (AvgIpc) is 3.17. The third kappa shape index (κ3) is 13.3. The van der Waals surface area contributed by atoms with Gasteiger partial charge in [0.25, 0.3) is 0 Å². The number of benzene rings is 2. The summed E-state index contributed by atoms with van der Waals surface area (Å²) in [5, 5.41) is 44.2. The zero-order chi connectivity index (χ0) is 44.2. The van der Waals surface area contributed by atoms with Crippen molar-refractivity contribution >= 4 is 43.8 Å². The first-order chi connectivity index (χ1) is 29.8. The molecule has 0 bridgehead atoms. The first-order valence-electron chi connectivity index (χ1n) is 20.3. The monoisotopic (exact) mass is 986 g/mol. The number of carbonyl (C=O) groups is 2. The lowest BCUT2D eigenvalue weighted by atomic mass is 9.92. The van der Waals surface area contributed by atoms with Gasteiger partial charge >= 0.3 is 11.9 Å². The zero-order valence-electron chi connectivity index (χ0n) is 34.5. The number of halogens is 2. The van der Waals surface area contributed by atoms with Crippen LogP contribution in [-0.4, -0.2) is 107 Å². The van der Waals surface area contributed by atoms with Crippen LogP contribution in [0.2, 0.25) is 0 Å². The Hall–Kier alpha value is -4.40. The number of ether oxygens (including phenoxy) is 6. The van der Waals surface area contributed by atoms with Crippen molar-refractivity contribution < 1.29 is 58.4 Å². The van der Waals surface area contributed by atoms with Gasteiger partial charge in [0, 0.05) is 49.1 Å². The molecular formula is C44H52Br2N4O12. The molecule has 0 amide bonds. The lowest BCUT2D eigenvalue weighted by Crippen LogP contribution is -2.33. The van der Waals surface area contributed by atoms with Crippen molar-refractivity contribution in [1.82, 2.24) is 20.6 Å². The van der Waals surface area contributed by atoms with Gasteiger partial charge in [0.1, 0.15) is 13.2 Å². The van der Waals surface area contributed by atoms with E-state index in [1.165, 1.54) is 0 Å². The van der Waals surface area contributed by atoms with E-state index in [0.29, 0.717) is 85.2 Å². The van der Waals surface area contributed by atoms with Gasteiger partial charge in [-0.05, 0) is 91.2 Å². The van der Waals surface area contributed by atoms with Crippen LogP contribution in [0, 0.1) is 25.7 Å². The molecule has 2 aliphatic rings. The van der Waals surface area contributed by atoms with E-state index in [-0.39, 0.29) is 51.0 Å². The molecule has 4 aromatic rings. The predicted molar refractivity (Wildman–Crippen MR) is 233 cm³/mol. The van der Waals surface area contributed by atoms with Gasteiger partial charge in [0.15, 0.2) is 0 Å². The van der Waals surface area contributed by atoms with Crippen LogP contribution in [0.3, 0.4) is 0 Å². The van der Waals surface area contributed by atoms with Gasteiger partial charge in [-0.1, -0.05) is 36.4 Å². The van der Waals surface area contributed by atoms with Crippen molar-refractivity contribution in [2.24, 2.45) is 11.8 Å². The molecular weight excluding hydrogens is 936 g/mol. The summed E-state index contributed by atoms with van der Waals surface area (Å²) in [6.07, 6.45) is -2.79. The lowest BCUT2D eigenvalue weighted by molar-refractivity contribution is -0.140. The minimum absolute atomic E-state index is 0.0891. The summed E-state index contributed by atoms with van der Waals surface area (Å²) in [4.78, 5) is 31.4. The smallest absolute Gasteiger partial charge is 0.306 e. The Morgan fingerprint density at radius 1 is 0.661 bits per heavy atom. The fourth-order valence-corrected chi connectivity index (χ4v) is 7.66. The van der Waals surface area contributed by atoms with Crippen LogP contribution in [-0.2, 0) is 45.4 Å². The molecule has 0 aliphatic carbocycles. The van der Waals surface area contributed by atoms with Crippen molar-refractivity contribution in [1.29, 1.82) is 0 Å².